The maximum absolute atomic E-state index is 12.3. The van der Waals surface area contributed by atoms with E-state index < -0.39 is 0 Å². The molecule has 0 aliphatic carbocycles. The van der Waals surface area contributed by atoms with Crippen molar-refractivity contribution in [2.24, 2.45) is 5.41 Å². The maximum Gasteiger partial charge on any atom is 0.327 e. The van der Waals surface area contributed by atoms with E-state index in [1.807, 2.05) is 25.7 Å². The van der Waals surface area contributed by atoms with Gasteiger partial charge in [-0.25, -0.2) is 9.59 Å². The molecular formula is C16H26N4O3. The summed E-state index contributed by atoms with van der Waals surface area (Å²) in [6.45, 7) is 8.22. The van der Waals surface area contributed by atoms with Gasteiger partial charge in [0.05, 0.1) is 0 Å². The van der Waals surface area contributed by atoms with Crippen LogP contribution < -0.4 is 5.32 Å². The summed E-state index contributed by atoms with van der Waals surface area (Å²) in [6.07, 6.45) is 2.46. The Morgan fingerprint density at radius 3 is 2.48 bits per heavy atom. The van der Waals surface area contributed by atoms with Crippen LogP contribution in [0.5, 0.6) is 0 Å². The molecule has 1 atom stereocenters. The second-order valence-electron chi connectivity index (χ2n) is 7.30. The van der Waals surface area contributed by atoms with Gasteiger partial charge in [-0.15, -0.1) is 0 Å². The summed E-state index contributed by atoms with van der Waals surface area (Å²) in [5.74, 6) is -0.0469. The Morgan fingerprint density at radius 1 is 1.30 bits per heavy atom. The first kappa shape index (κ1) is 16.1. The lowest BCUT2D eigenvalue weighted by Crippen LogP contribution is -2.50. The predicted molar refractivity (Wildman–Crippen MR) is 84.8 cm³/mol. The lowest BCUT2D eigenvalue weighted by Gasteiger charge is -2.39. The highest BCUT2D eigenvalue weighted by Gasteiger charge is 2.56. The van der Waals surface area contributed by atoms with Crippen LogP contribution in [0.15, 0.2) is 0 Å². The van der Waals surface area contributed by atoms with Crippen LogP contribution in [0.25, 0.3) is 0 Å². The number of fused-ring (bicyclic) bond motifs is 1. The Morgan fingerprint density at radius 2 is 1.96 bits per heavy atom. The highest BCUT2D eigenvalue weighted by molar-refractivity contribution is 6.04. The van der Waals surface area contributed by atoms with E-state index in [1.165, 1.54) is 4.90 Å². The molecule has 0 aromatic carbocycles. The van der Waals surface area contributed by atoms with Crippen LogP contribution in [-0.4, -0.2) is 70.9 Å². The van der Waals surface area contributed by atoms with Gasteiger partial charge in [0.1, 0.15) is 6.04 Å². The molecule has 0 radical (unpaired) electrons. The van der Waals surface area contributed by atoms with E-state index in [9.17, 15) is 14.4 Å². The molecule has 7 nitrogen and oxygen atoms in total. The molecule has 7 heteroatoms. The fraction of sp³-hybridized carbons (Fsp3) is 0.812. The zero-order valence-electron chi connectivity index (χ0n) is 14.2. The van der Waals surface area contributed by atoms with Gasteiger partial charge in [0.25, 0.3) is 5.91 Å². The van der Waals surface area contributed by atoms with E-state index in [4.69, 9.17) is 0 Å². The normalized spacial score (nSPS) is 26.4. The summed E-state index contributed by atoms with van der Waals surface area (Å²) in [7, 11) is 0. The van der Waals surface area contributed by atoms with Crippen LogP contribution in [-0.2, 0) is 4.79 Å². The first-order valence-electron chi connectivity index (χ1n) is 8.54. The van der Waals surface area contributed by atoms with Crippen LogP contribution in [0.4, 0.5) is 9.59 Å². The highest BCUT2D eigenvalue weighted by Crippen LogP contribution is 2.46. The van der Waals surface area contributed by atoms with Gasteiger partial charge >= 0.3 is 12.1 Å². The second kappa shape index (κ2) is 5.69. The number of nitrogens with zero attached hydrogens (tertiary/aromatic N) is 3. The molecule has 3 fully saturated rings. The van der Waals surface area contributed by atoms with E-state index in [-0.39, 0.29) is 35.5 Å². The number of carbonyl (C=O) groups is 3. The van der Waals surface area contributed by atoms with Gasteiger partial charge in [-0.3, -0.25) is 9.69 Å². The Balaban J connectivity index is 1.62. The topological polar surface area (TPSA) is 73.0 Å². The van der Waals surface area contributed by atoms with Gasteiger partial charge in [-0.2, -0.15) is 0 Å². The minimum atomic E-state index is -0.279. The zero-order valence-corrected chi connectivity index (χ0v) is 14.2. The van der Waals surface area contributed by atoms with Crippen molar-refractivity contribution in [1.29, 1.82) is 0 Å². The quantitative estimate of drug-likeness (QED) is 0.778. The molecule has 0 aromatic rings. The SMILES string of the molecule is CCN1C(=O)C2CC3(CCN(C(=O)NC(C)C)CC3)CN2C1=O. The predicted octanol–water partition coefficient (Wildman–Crippen LogP) is 1.24. The Bertz CT molecular complexity index is 499. The van der Waals surface area contributed by atoms with Crippen LogP contribution in [0.3, 0.4) is 0 Å². The van der Waals surface area contributed by atoms with E-state index in [0.717, 1.165) is 19.3 Å². The lowest BCUT2D eigenvalue weighted by molar-refractivity contribution is -0.128. The van der Waals surface area contributed by atoms with Gasteiger partial charge in [-0.1, -0.05) is 0 Å². The number of hydrogen-bond donors (Lipinski definition) is 1. The van der Waals surface area contributed by atoms with Crippen molar-refractivity contribution in [1.82, 2.24) is 20.0 Å². The summed E-state index contributed by atoms with van der Waals surface area (Å²) in [5.41, 5.74) is 0.00439. The number of amides is 5. The third kappa shape index (κ3) is 2.66. The van der Waals surface area contributed by atoms with Crippen molar-refractivity contribution in [2.75, 3.05) is 26.2 Å². The molecule has 23 heavy (non-hydrogen) atoms. The number of likely N-dealkylation sites (N-methyl/N-ethyl adjacent to an activating group) is 1. The molecule has 1 N–H and O–H groups in total. The van der Waals surface area contributed by atoms with Crippen molar-refractivity contribution in [3.63, 3.8) is 0 Å². The monoisotopic (exact) mass is 322 g/mol. The highest BCUT2D eigenvalue weighted by atomic mass is 16.2. The Hall–Kier alpha value is -1.79. The number of likely N-dealkylation sites (tertiary alicyclic amines) is 1. The van der Waals surface area contributed by atoms with Crippen molar-refractivity contribution < 1.29 is 14.4 Å². The largest absolute Gasteiger partial charge is 0.336 e. The molecule has 0 saturated carbocycles. The minimum Gasteiger partial charge on any atom is -0.336 e. The second-order valence-corrected chi connectivity index (χ2v) is 7.30. The molecule has 3 aliphatic rings. The third-order valence-electron chi connectivity index (χ3n) is 5.38. The summed E-state index contributed by atoms with van der Waals surface area (Å²) in [4.78, 5) is 41.7. The van der Waals surface area contributed by atoms with Gasteiger partial charge < -0.3 is 15.1 Å². The lowest BCUT2D eigenvalue weighted by atomic mass is 9.76. The smallest absolute Gasteiger partial charge is 0.327 e. The molecule has 3 saturated heterocycles. The van der Waals surface area contributed by atoms with Crippen molar-refractivity contribution in [3.05, 3.63) is 0 Å². The number of nitrogens with one attached hydrogen (secondary N) is 1. The molecule has 1 unspecified atom stereocenters. The average molecular weight is 322 g/mol. The fourth-order valence-corrected chi connectivity index (χ4v) is 4.08. The molecule has 3 aliphatic heterocycles. The summed E-state index contributed by atoms with van der Waals surface area (Å²) in [6, 6.07) is -0.305. The number of urea groups is 2. The van der Waals surface area contributed by atoms with E-state index in [0.29, 0.717) is 26.2 Å². The Kier molecular flexibility index (Phi) is 3.98. The summed E-state index contributed by atoms with van der Waals surface area (Å²) in [5, 5.41) is 2.92. The molecular weight excluding hydrogens is 296 g/mol. The molecule has 128 valence electrons. The zero-order chi connectivity index (χ0) is 16.8. The van der Waals surface area contributed by atoms with Crippen LogP contribution in [0.1, 0.15) is 40.0 Å². The molecule has 0 bridgehead atoms. The molecule has 0 aromatic heterocycles. The van der Waals surface area contributed by atoms with E-state index >= 15 is 0 Å². The van der Waals surface area contributed by atoms with Crippen LogP contribution in [0, 0.1) is 5.41 Å². The van der Waals surface area contributed by atoms with Crippen molar-refractivity contribution >= 4 is 18.0 Å². The van der Waals surface area contributed by atoms with Crippen molar-refractivity contribution in [2.45, 2.75) is 52.1 Å². The number of hydrogen-bond acceptors (Lipinski definition) is 3. The standard InChI is InChI=1S/C16H26N4O3/c1-4-19-13(21)12-9-16(10-20(12)15(19)23)5-7-18(8-6-16)14(22)17-11(2)3/h11-12H,4-10H2,1-3H3,(H,17,22). The van der Waals surface area contributed by atoms with E-state index in [2.05, 4.69) is 5.32 Å². The van der Waals surface area contributed by atoms with Gasteiger partial charge in [0, 0.05) is 32.2 Å². The average Bonchev–Trinajstić information content (AvgIpc) is 2.96. The maximum atomic E-state index is 12.3. The number of carbonyl (C=O) groups excluding carboxylic acids is 3. The summed E-state index contributed by atoms with van der Waals surface area (Å²) < 4.78 is 0. The molecule has 3 heterocycles. The third-order valence-corrected chi connectivity index (χ3v) is 5.38. The molecule has 3 rings (SSSR count). The van der Waals surface area contributed by atoms with Gasteiger partial charge in [0.2, 0.25) is 0 Å². The molecule has 5 amide bonds. The van der Waals surface area contributed by atoms with Gasteiger partial charge in [0.15, 0.2) is 0 Å². The number of rotatable bonds is 2. The van der Waals surface area contributed by atoms with Crippen molar-refractivity contribution in [3.8, 4) is 0 Å². The first-order chi connectivity index (χ1) is 10.9. The Labute approximate surface area is 137 Å². The number of piperidine rings is 1. The number of imide groups is 1. The molecule has 1 spiro atoms. The fourth-order valence-electron chi connectivity index (χ4n) is 4.08. The minimum absolute atomic E-state index is 0.00439. The van der Waals surface area contributed by atoms with E-state index in [1.54, 1.807) is 4.90 Å². The van der Waals surface area contributed by atoms with Crippen LogP contribution >= 0.6 is 0 Å². The summed E-state index contributed by atoms with van der Waals surface area (Å²) >= 11 is 0. The van der Waals surface area contributed by atoms with Crippen LogP contribution in [0.2, 0.25) is 0 Å². The van der Waals surface area contributed by atoms with Gasteiger partial charge in [-0.05, 0) is 45.4 Å². The first-order valence-corrected chi connectivity index (χ1v) is 8.54.